The van der Waals surface area contributed by atoms with Crippen molar-refractivity contribution in [1.29, 1.82) is 0 Å². The molecule has 0 aliphatic rings. The van der Waals surface area contributed by atoms with Gasteiger partial charge in [-0.1, -0.05) is 0 Å². The molecule has 0 fully saturated rings. The Hall–Kier alpha value is -0.340. The van der Waals surface area contributed by atoms with Crippen molar-refractivity contribution in [3.05, 3.63) is 20.2 Å². The van der Waals surface area contributed by atoms with E-state index >= 15 is 0 Å². The van der Waals surface area contributed by atoms with E-state index < -0.39 is 32.0 Å². The number of nitrogens with zero attached hydrogens (tertiary/aromatic N) is 2. The van der Waals surface area contributed by atoms with Gasteiger partial charge in [-0.2, -0.15) is 0 Å². The summed E-state index contributed by atoms with van der Waals surface area (Å²) in [6.07, 6.45) is -1.58. The molecule has 0 aromatic rings. The molecular weight excluding hydrogens is 307 g/mol. The Morgan fingerprint density at radius 1 is 1.22 bits per heavy atom. The summed E-state index contributed by atoms with van der Waals surface area (Å²) < 4.78 is 30.6. The SMILES string of the molecule is O=[N+]([O-])OCC(CCSS(=O)(=O)[O-])O[N+](=O)[O-].[Na+]. The zero-order chi connectivity index (χ0) is 13.5. The van der Waals surface area contributed by atoms with Gasteiger partial charge in [-0.15, -0.1) is 20.2 Å². The molecule has 0 amide bonds. The van der Waals surface area contributed by atoms with E-state index in [1.807, 2.05) is 0 Å². The second-order valence-corrected chi connectivity index (χ2v) is 5.88. The quantitative estimate of drug-likeness (QED) is 0.136. The second kappa shape index (κ2) is 9.57. The molecule has 0 bridgehead atoms. The molecule has 0 saturated heterocycles. The van der Waals surface area contributed by atoms with Crippen molar-refractivity contribution >= 4 is 19.9 Å². The maximum absolute atomic E-state index is 10.2. The molecule has 18 heavy (non-hydrogen) atoms. The average Bonchev–Trinajstić information content (AvgIpc) is 2.10. The number of rotatable bonds is 9. The Labute approximate surface area is 127 Å². The summed E-state index contributed by atoms with van der Waals surface area (Å²) in [5.41, 5.74) is 0. The van der Waals surface area contributed by atoms with Gasteiger partial charge in [-0.25, -0.2) is 8.42 Å². The molecule has 0 heterocycles. The van der Waals surface area contributed by atoms with Crippen LogP contribution in [0.1, 0.15) is 6.42 Å². The van der Waals surface area contributed by atoms with Gasteiger partial charge in [-0.05, 0) is 17.2 Å². The van der Waals surface area contributed by atoms with Crippen molar-refractivity contribution in [3.8, 4) is 0 Å². The van der Waals surface area contributed by atoms with Gasteiger partial charge in [0, 0.05) is 5.75 Å². The Morgan fingerprint density at radius 2 is 1.78 bits per heavy atom. The fourth-order valence-corrected chi connectivity index (χ4v) is 2.18. The molecular formula is C4H7N2NaO9S2. The van der Waals surface area contributed by atoms with E-state index in [4.69, 9.17) is 0 Å². The molecule has 1 unspecified atom stereocenters. The second-order valence-electron chi connectivity index (χ2n) is 2.49. The molecule has 11 nitrogen and oxygen atoms in total. The minimum atomic E-state index is -4.51. The van der Waals surface area contributed by atoms with E-state index in [1.165, 1.54) is 0 Å². The van der Waals surface area contributed by atoms with Crippen LogP contribution in [0, 0.1) is 20.2 Å². The zero-order valence-corrected chi connectivity index (χ0v) is 12.7. The fourth-order valence-electron chi connectivity index (χ4n) is 0.714. The summed E-state index contributed by atoms with van der Waals surface area (Å²) in [6.45, 7) is -0.729. The van der Waals surface area contributed by atoms with Gasteiger partial charge in [0.25, 0.3) is 10.2 Å². The van der Waals surface area contributed by atoms with Gasteiger partial charge in [0.1, 0.15) is 21.9 Å². The fraction of sp³-hybridized carbons (Fsp3) is 1.00. The molecule has 0 aliphatic carbocycles. The van der Waals surface area contributed by atoms with E-state index in [0.717, 1.165) is 0 Å². The molecule has 100 valence electrons. The van der Waals surface area contributed by atoms with Crippen LogP contribution in [0.25, 0.3) is 0 Å². The molecule has 1 atom stereocenters. The van der Waals surface area contributed by atoms with Crippen LogP contribution in [-0.2, 0) is 18.8 Å². The molecule has 0 spiro atoms. The van der Waals surface area contributed by atoms with Crippen LogP contribution in [-0.4, -0.2) is 41.6 Å². The molecule has 0 rings (SSSR count). The predicted molar refractivity (Wildman–Crippen MR) is 51.6 cm³/mol. The Bertz CT molecular complexity index is 373. The Kier molecular flexibility index (Phi) is 10.6. The first-order valence-electron chi connectivity index (χ1n) is 3.89. The van der Waals surface area contributed by atoms with Crippen LogP contribution in [0.3, 0.4) is 0 Å². The maximum Gasteiger partial charge on any atom is 1.00 e. The van der Waals surface area contributed by atoms with Gasteiger partial charge >= 0.3 is 29.6 Å². The van der Waals surface area contributed by atoms with E-state index in [1.54, 1.807) is 0 Å². The summed E-state index contributed by atoms with van der Waals surface area (Å²) >= 11 is 0. The smallest absolute Gasteiger partial charge is 0.739 e. The van der Waals surface area contributed by atoms with Crippen LogP contribution < -0.4 is 29.6 Å². The molecule has 0 aromatic heterocycles. The van der Waals surface area contributed by atoms with Crippen LogP contribution >= 0.6 is 10.8 Å². The third-order valence-corrected chi connectivity index (χ3v) is 3.33. The number of hydrogen-bond acceptors (Lipinski definition) is 10. The van der Waals surface area contributed by atoms with Crippen LogP contribution in [0.15, 0.2) is 0 Å². The van der Waals surface area contributed by atoms with Crippen molar-refractivity contribution in [2.75, 3.05) is 12.4 Å². The standard InChI is InChI=1S/C4H8N2O9S2.Na/c7-5(8)14-3-4(15-6(9)10)1-2-16-17(11,12)13;/h4H,1-3H2,(H,11,12,13);/q;+1/p-1. The molecule has 0 N–H and O–H groups in total. The largest absolute Gasteiger partial charge is 1.00 e. The van der Waals surface area contributed by atoms with Gasteiger partial charge in [-0.3, -0.25) is 0 Å². The molecule has 0 radical (unpaired) electrons. The molecule has 0 aromatic carbocycles. The normalized spacial score (nSPS) is 12.1. The van der Waals surface area contributed by atoms with Crippen molar-refractivity contribution in [2.45, 2.75) is 12.5 Å². The Balaban J connectivity index is 0. The predicted octanol–water partition coefficient (Wildman–Crippen LogP) is -3.64. The Morgan fingerprint density at radius 3 is 2.17 bits per heavy atom. The van der Waals surface area contributed by atoms with Crippen molar-refractivity contribution in [3.63, 3.8) is 0 Å². The topological polar surface area (TPSA) is 162 Å². The van der Waals surface area contributed by atoms with E-state index in [2.05, 4.69) is 9.68 Å². The third-order valence-electron chi connectivity index (χ3n) is 1.27. The van der Waals surface area contributed by atoms with Crippen molar-refractivity contribution in [1.82, 2.24) is 0 Å². The minimum Gasteiger partial charge on any atom is -0.739 e. The third kappa shape index (κ3) is 13.7. The van der Waals surface area contributed by atoms with Gasteiger partial charge in [0.05, 0.1) is 0 Å². The van der Waals surface area contributed by atoms with Gasteiger partial charge in [0.15, 0.2) is 0 Å². The summed E-state index contributed by atoms with van der Waals surface area (Å²) in [4.78, 5) is 27.7. The monoisotopic (exact) mass is 314 g/mol. The van der Waals surface area contributed by atoms with Crippen LogP contribution in [0.2, 0.25) is 0 Å². The summed E-state index contributed by atoms with van der Waals surface area (Å²) in [7, 11) is -4.50. The maximum atomic E-state index is 10.2. The van der Waals surface area contributed by atoms with E-state index in [9.17, 15) is 33.2 Å². The first kappa shape index (κ1) is 20.0. The average molecular weight is 314 g/mol. The van der Waals surface area contributed by atoms with E-state index in [-0.39, 0.29) is 52.5 Å². The summed E-state index contributed by atoms with van der Waals surface area (Å²) in [5.74, 6) is -0.300. The number of hydrogen-bond donors (Lipinski definition) is 0. The van der Waals surface area contributed by atoms with Crippen LogP contribution in [0.4, 0.5) is 0 Å². The van der Waals surface area contributed by atoms with Gasteiger partial charge < -0.3 is 14.2 Å². The first-order valence-corrected chi connectivity index (χ1v) is 6.80. The van der Waals surface area contributed by atoms with Gasteiger partial charge in [0.2, 0.25) is 0 Å². The van der Waals surface area contributed by atoms with Crippen molar-refractivity contribution < 1.29 is 62.4 Å². The van der Waals surface area contributed by atoms with Crippen molar-refractivity contribution in [2.24, 2.45) is 0 Å². The first-order chi connectivity index (χ1) is 7.70. The molecule has 14 heteroatoms. The summed E-state index contributed by atoms with van der Waals surface area (Å²) in [5, 5.41) is 17.5. The summed E-state index contributed by atoms with van der Waals surface area (Å²) in [6, 6.07) is 0. The van der Waals surface area contributed by atoms with Crippen LogP contribution in [0.5, 0.6) is 0 Å². The van der Waals surface area contributed by atoms with E-state index in [0.29, 0.717) is 0 Å². The zero-order valence-electron chi connectivity index (χ0n) is 9.08. The molecule has 0 saturated carbocycles. The minimum absolute atomic E-state index is 0. The molecule has 0 aliphatic heterocycles.